The number of halogens is 3. The molecule has 0 atom stereocenters. The molecule has 2 N–H and O–H groups in total. The Morgan fingerprint density at radius 1 is 1.35 bits per heavy atom. The molecule has 0 aliphatic rings. The average molecular weight is 243 g/mol. The highest BCUT2D eigenvalue weighted by Crippen LogP contribution is 2.32. The molecule has 1 heterocycles. The zero-order valence-electron chi connectivity index (χ0n) is 8.53. The summed E-state index contributed by atoms with van der Waals surface area (Å²) >= 11 is 0. The molecule has 0 spiro atoms. The van der Waals surface area contributed by atoms with Crippen LogP contribution < -0.4 is 11.3 Å². The van der Waals surface area contributed by atoms with Crippen LogP contribution in [0, 0.1) is 0 Å². The van der Waals surface area contributed by atoms with Crippen molar-refractivity contribution in [2.75, 3.05) is 0 Å². The molecule has 2 aromatic rings. The van der Waals surface area contributed by atoms with Gasteiger partial charge in [0.15, 0.2) is 0 Å². The summed E-state index contributed by atoms with van der Waals surface area (Å²) in [6.45, 7) is -0.127. The molecule has 2 rings (SSSR count). The number of nitrogens with zero attached hydrogens (tertiary/aromatic N) is 2. The van der Waals surface area contributed by atoms with Crippen LogP contribution in [0.1, 0.15) is 5.56 Å². The SMILES string of the molecule is NCn1cnc2c(C(F)(F)F)cccc2c1=O. The van der Waals surface area contributed by atoms with Crippen molar-refractivity contribution in [3.05, 3.63) is 40.4 Å². The monoisotopic (exact) mass is 243 g/mol. The smallest absolute Gasteiger partial charge is 0.313 e. The molecule has 0 saturated carbocycles. The topological polar surface area (TPSA) is 60.9 Å². The van der Waals surface area contributed by atoms with Gasteiger partial charge in [0.1, 0.15) is 0 Å². The van der Waals surface area contributed by atoms with Crippen molar-refractivity contribution in [1.82, 2.24) is 9.55 Å². The van der Waals surface area contributed by atoms with E-state index < -0.39 is 17.3 Å². The standard InChI is InChI=1S/C10H8F3N3O/c11-10(12,13)7-3-1-2-6-8(7)15-5-16(4-14)9(6)17/h1-3,5H,4,14H2. The molecule has 0 unspecified atom stereocenters. The number of hydrogen-bond acceptors (Lipinski definition) is 3. The van der Waals surface area contributed by atoms with E-state index in [1.807, 2.05) is 0 Å². The minimum absolute atomic E-state index is 0.0900. The number of hydrogen-bond donors (Lipinski definition) is 1. The van der Waals surface area contributed by atoms with Crippen molar-refractivity contribution in [3.63, 3.8) is 0 Å². The van der Waals surface area contributed by atoms with Gasteiger partial charge in [-0.1, -0.05) is 6.07 Å². The normalized spacial score (nSPS) is 12.0. The molecule has 0 aliphatic heterocycles. The molecule has 0 radical (unpaired) electrons. The molecule has 0 amide bonds. The van der Waals surface area contributed by atoms with Crippen LogP contribution in [0.25, 0.3) is 10.9 Å². The lowest BCUT2D eigenvalue weighted by molar-refractivity contribution is -0.136. The van der Waals surface area contributed by atoms with E-state index >= 15 is 0 Å². The molecule has 0 bridgehead atoms. The van der Waals surface area contributed by atoms with Crippen molar-refractivity contribution >= 4 is 10.9 Å². The van der Waals surface area contributed by atoms with Gasteiger partial charge in [-0.2, -0.15) is 13.2 Å². The lowest BCUT2D eigenvalue weighted by atomic mass is 10.1. The van der Waals surface area contributed by atoms with Gasteiger partial charge in [-0.3, -0.25) is 9.36 Å². The second kappa shape index (κ2) is 3.85. The van der Waals surface area contributed by atoms with Crippen molar-refractivity contribution in [1.29, 1.82) is 0 Å². The van der Waals surface area contributed by atoms with Crippen LogP contribution in [-0.4, -0.2) is 9.55 Å². The zero-order chi connectivity index (χ0) is 12.6. The third-order valence-electron chi connectivity index (χ3n) is 2.36. The molecule has 4 nitrogen and oxygen atoms in total. The fourth-order valence-electron chi connectivity index (χ4n) is 1.55. The molecular formula is C10H8F3N3O. The highest BCUT2D eigenvalue weighted by atomic mass is 19.4. The summed E-state index contributed by atoms with van der Waals surface area (Å²) in [5, 5.41) is -0.0900. The minimum Gasteiger partial charge on any atom is -0.313 e. The van der Waals surface area contributed by atoms with E-state index in [0.29, 0.717) is 0 Å². The Morgan fingerprint density at radius 3 is 2.65 bits per heavy atom. The molecule has 0 fully saturated rings. The van der Waals surface area contributed by atoms with Gasteiger partial charge >= 0.3 is 6.18 Å². The van der Waals surface area contributed by atoms with Gasteiger partial charge in [0, 0.05) is 0 Å². The predicted octanol–water partition coefficient (Wildman–Crippen LogP) is 1.33. The maximum absolute atomic E-state index is 12.7. The Bertz CT molecular complexity index is 618. The van der Waals surface area contributed by atoms with Crippen LogP contribution in [0.4, 0.5) is 13.2 Å². The number of nitrogens with two attached hydrogens (primary N) is 1. The molecular weight excluding hydrogens is 235 g/mol. The molecule has 1 aromatic carbocycles. The molecule has 0 aliphatic carbocycles. The van der Waals surface area contributed by atoms with Crippen LogP contribution in [0.5, 0.6) is 0 Å². The van der Waals surface area contributed by atoms with Gasteiger partial charge in [-0.05, 0) is 12.1 Å². The van der Waals surface area contributed by atoms with Gasteiger partial charge < -0.3 is 5.73 Å². The molecule has 17 heavy (non-hydrogen) atoms. The summed E-state index contributed by atoms with van der Waals surface area (Å²) in [7, 11) is 0. The van der Waals surface area contributed by atoms with Crippen LogP contribution in [-0.2, 0) is 12.8 Å². The maximum atomic E-state index is 12.7. The molecule has 0 saturated heterocycles. The highest BCUT2D eigenvalue weighted by molar-refractivity contribution is 5.81. The van der Waals surface area contributed by atoms with Crippen LogP contribution in [0.3, 0.4) is 0 Å². The minimum atomic E-state index is -4.53. The molecule has 1 aromatic heterocycles. The van der Waals surface area contributed by atoms with Crippen molar-refractivity contribution in [2.45, 2.75) is 12.8 Å². The van der Waals surface area contributed by atoms with Gasteiger partial charge in [-0.15, -0.1) is 0 Å². The van der Waals surface area contributed by atoms with E-state index in [9.17, 15) is 18.0 Å². The number of rotatable bonds is 1. The summed E-state index contributed by atoms with van der Waals surface area (Å²) in [5.41, 5.74) is 3.41. The predicted molar refractivity (Wildman–Crippen MR) is 55.2 cm³/mol. The van der Waals surface area contributed by atoms with E-state index in [0.717, 1.165) is 17.0 Å². The number of alkyl halides is 3. The lowest BCUT2D eigenvalue weighted by Crippen LogP contribution is -2.25. The quantitative estimate of drug-likeness (QED) is 0.821. The van der Waals surface area contributed by atoms with Crippen molar-refractivity contribution < 1.29 is 13.2 Å². The lowest BCUT2D eigenvalue weighted by Gasteiger charge is -2.10. The van der Waals surface area contributed by atoms with Crippen molar-refractivity contribution in [2.24, 2.45) is 5.73 Å². The second-order valence-electron chi connectivity index (χ2n) is 3.40. The van der Waals surface area contributed by atoms with Gasteiger partial charge in [0.2, 0.25) is 0 Å². The fourth-order valence-corrected chi connectivity index (χ4v) is 1.55. The first-order valence-corrected chi connectivity index (χ1v) is 4.70. The number of aromatic nitrogens is 2. The summed E-state index contributed by atoms with van der Waals surface area (Å²) < 4.78 is 39.0. The molecule has 7 heteroatoms. The summed E-state index contributed by atoms with van der Waals surface area (Å²) in [6.07, 6.45) is -3.52. The number of benzene rings is 1. The first-order chi connectivity index (χ1) is 7.95. The Hall–Kier alpha value is -1.89. The first-order valence-electron chi connectivity index (χ1n) is 4.70. The average Bonchev–Trinajstić information content (AvgIpc) is 2.28. The number of para-hydroxylation sites is 1. The molecule has 90 valence electrons. The van der Waals surface area contributed by atoms with E-state index in [1.165, 1.54) is 12.1 Å². The second-order valence-corrected chi connectivity index (χ2v) is 3.40. The van der Waals surface area contributed by atoms with Crippen LogP contribution in [0.15, 0.2) is 29.3 Å². The van der Waals surface area contributed by atoms with E-state index in [4.69, 9.17) is 5.73 Å². The maximum Gasteiger partial charge on any atom is 0.418 e. The van der Waals surface area contributed by atoms with Crippen molar-refractivity contribution in [3.8, 4) is 0 Å². The van der Waals surface area contributed by atoms with Crippen LogP contribution in [0.2, 0.25) is 0 Å². The summed E-state index contributed by atoms with van der Waals surface area (Å²) in [5.74, 6) is 0. The van der Waals surface area contributed by atoms with Gasteiger partial charge in [0.05, 0.1) is 29.5 Å². The van der Waals surface area contributed by atoms with E-state index in [-0.39, 0.29) is 17.6 Å². The largest absolute Gasteiger partial charge is 0.418 e. The summed E-state index contributed by atoms with van der Waals surface area (Å²) in [6, 6.07) is 3.36. The third kappa shape index (κ3) is 1.89. The first kappa shape index (κ1) is 11.6. The van der Waals surface area contributed by atoms with Gasteiger partial charge in [0.25, 0.3) is 5.56 Å². The Morgan fingerprint density at radius 2 is 2.06 bits per heavy atom. The van der Waals surface area contributed by atoms with Gasteiger partial charge in [-0.25, -0.2) is 4.98 Å². The Kier molecular flexibility index (Phi) is 2.62. The Labute approximate surface area is 93.5 Å². The highest BCUT2D eigenvalue weighted by Gasteiger charge is 2.33. The summed E-state index contributed by atoms with van der Waals surface area (Å²) in [4.78, 5) is 15.4. The Balaban J connectivity index is 2.85. The van der Waals surface area contributed by atoms with Crippen LogP contribution >= 0.6 is 0 Å². The zero-order valence-corrected chi connectivity index (χ0v) is 8.53. The van der Waals surface area contributed by atoms with E-state index in [1.54, 1.807) is 0 Å². The third-order valence-corrected chi connectivity index (χ3v) is 2.36. The fraction of sp³-hybridized carbons (Fsp3) is 0.200. The van der Waals surface area contributed by atoms with E-state index in [2.05, 4.69) is 4.98 Å². The number of fused-ring (bicyclic) bond motifs is 1.